The van der Waals surface area contributed by atoms with Crippen molar-refractivity contribution in [3.8, 4) is 0 Å². The predicted octanol–water partition coefficient (Wildman–Crippen LogP) is -3.25. The number of piperazine rings is 1. The maximum atomic E-state index is 11.7. The van der Waals surface area contributed by atoms with Gasteiger partial charge in [0.05, 0.1) is 12.2 Å². The van der Waals surface area contributed by atoms with Crippen LogP contribution >= 0.6 is 0 Å². The number of carboxylic acids is 1. The number of allylic oxidation sites excluding steroid dienone is 2. The summed E-state index contributed by atoms with van der Waals surface area (Å²) in [4.78, 5) is 11.7. The van der Waals surface area contributed by atoms with E-state index in [0.717, 1.165) is 5.70 Å². The first-order chi connectivity index (χ1) is 17.1. The lowest BCUT2D eigenvalue weighted by Gasteiger charge is -2.46. The van der Waals surface area contributed by atoms with Crippen molar-refractivity contribution in [3.63, 3.8) is 0 Å². The molecule has 0 aromatic rings. The van der Waals surface area contributed by atoms with Crippen LogP contribution in [-0.4, -0.2) is 95.3 Å². The van der Waals surface area contributed by atoms with E-state index in [1.54, 1.807) is 0 Å². The molecule has 0 spiro atoms. The summed E-state index contributed by atoms with van der Waals surface area (Å²) in [6.45, 7) is 6.02. The molecular weight excluding hydrogens is 468 g/mol. The van der Waals surface area contributed by atoms with Crippen LogP contribution in [-0.2, 0) is 4.79 Å². The summed E-state index contributed by atoms with van der Waals surface area (Å²) in [5, 5.41) is 62.3. The topological polar surface area (TPSA) is 208 Å². The molecule has 206 valence electrons. The van der Waals surface area contributed by atoms with Crippen molar-refractivity contribution in [3.05, 3.63) is 23.9 Å². The van der Waals surface area contributed by atoms with Crippen molar-refractivity contribution in [1.82, 2.24) is 37.2 Å². The lowest BCUT2D eigenvalue weighted by Crippen LogP contribution is -2.80. The average Bonchev–Trinajstić information content (AvgIpc) is 2.84. The fourth-order valence-electron chi connectivity index (χ4n) is 4.57. The van der Waals surface area contributed by atoms with Crippen molar-refractivity contribution >= 4 is 5.97 Å². The molecule has 2 heterocycles. The zero-order valence-corrected chi connectivity index (χ0v) is 21.0. The Morgan fingerprint density at radius 2 is 2.00 bits per heavy atom. The number of fused-ring (bicyclic) bond motifs is 1. The van der Waals surface area contributed by atoms with Crippen molar-refractivity contribution in [1.29, 1.82) is 0 Å². The maximum Gasteiger partial charge on any atom is 0.320 e. The SMILES string of the molecule is CC(C)CN[C@@H](O)CC[C@H](N[C@@H](O)[C@H]1C=CC(NCC2CNC3NC(N)NC(O)[C@@H]3N2)=CC1)C(=O)O. The molecule has 4 unspecified atom stereocenters. The van der Waals surface area contributed by atoms with Crippen LogP contribution in [0.3, 0.4) is 0 Å². The normalized spacial score (nSPS) is 32.9. The quantitative estimate of drug-likeness (QED) is 0.110. The lowest BCUT2D eigenvalue weighted by molar-refractivity contribution is -0.141. The molecule has 0 saturated carbocycles. The lowest BCUT2D eigenvalue weighted by atomic mass is 9.96. The van der Waals surface area contributed by atoms with Crippen LogP contribution in [0.2, 0.25) is 0 Å². The van der Waals surface area contributed by atoms with E-state index in [4.69, 9.17) is 5.73 Å². The fraction of sp³-hybridized carbons (Fsp3) is 0.783. The largest absolute Gasteiger partial charge is 0.480 e. The van der Waals surface area contributed by atoms with Gasteiger partial charge in [0.25, 0.3) is 0 Å². The van der Waals surface area contributed by atoms with E-state index in [1.807, 2.05) is 32.1 Å². The van der Waals surface area contributed by atoms with Gasteiger partial charge in [0.15, 0.2) is 0 Å². The molecular formula is C23H44N8O5. The van der Waals surface area contributed by atoms with Gasteiger partial charge in [-0.05, 0) is 37.8 Å². The highest BCUT2D eigenvalue weighted by Crippen LogP contribution is 2.19. The van der Waals surface area contributed by atoms with E-state index >= 15 is 0 Å². The summed E-state index contributed by atoms with van der Waals surface area (Å²) in [7, 11) is 0. The number of carboxylic acid groups (broad SMARTS) is 1. The van der Waals surface area contributed by atoms with Crippen molar-refractivity contribution < 1.29 is 25.2 Å². The van der Waals surface area contributed by atoms with Gasteiger partial charge in [-0.2, -0.15) is 0 Å². The van der Waals surface area contributed by atoms with E-state index in [2.05, 4.69) is 37.2 Å². The number of rotatable bonds is 13. The van der Waals surface area contributed by atoms with Gasteiger partial charge in [0, 0.05) is 30.7 Å². The number of nitrogens with two attached hydrogens (primary N) is 1. The molecule has 0 bridgehead atoms. The van der Waals surface area contributed by atoms with Gasteiger partial charge in [0.1, 0.15) is 31.0 Å². The summed E-state index contributed by atoms with van der Waals surface area (Å²) in [5.41, 5.74) is 6.72. The van der Waals surface area contributed by atoms with E-state index in [-0.39, 0.29) is 37.0 Å². The molecule has 1 aliphatic carbocycles. The monoisotopic (exact) mass is 512 g/mol. The molecule has 2 fully saturated rings. The number of aliphatic carboxylic acids is 1. The van der Waals surface area contributed by atoms with Crippen molar-refractivity contribution in [2.45, 2.75) is 82.4 Å². The average molecular weight is 513 g/mol. The minimum Gasteiger partial charge on any atom is -0.480 e. The van der Waals surface area contributed by atoms with Crippen LogP contribution in [0.15, 0.2) is 23.9 Å². The Kier molecular flexibility index (Phi) is 11.1. The third-order valence-corrected chi connectivity index (χ3v) is 6.67. The van der Waals surface area contributed by atoms with Gasteiger partial charge in [-0.15, -0.1) is 0 Å². The molecule has 9 atom stereocenters. The Hall–Kier alpha value is -1.65. The fourth-order valence-corrected chi connectivity index (χ4v) is 4.57. The number of aliphatic hydroxyl groups is 3. The minimum absolute atomic E-state index is 0.0832. The molecule has 0 aromatic heterocycles. The second kappa shape index (κ2) is 13.8. The van der Waals surface area contributed by atoms with Crippen LogP contribution in [0.4, 0.5) is 0 Å². The molecule has 13 heteroatoms. The van der Waals surface area contributed by atoms with Crippen LogP contribution < -0.4 is 43.0 Å². The standard InChI is InChI=1S/C23H44N8O5/c1-12(2)9-26-17(32)8-7-16(22(35)36)29-20(33)13-3-5-14(6-4-13)25-10-15-11-27-19-18(28-15)21(34)31-23(24)30-19/h3,5-6,12-13,15-21,23,25-34H,4,7-11,24H2,1-2H3,(H,35,36)/t13-,15?,16-,17-,18+,19?,20-,21?,23?/m0/s1. The van der Waals surface area contributed by atoms with Gasteiger partial charge in [-0.25, -0.2) is 0 Å². The number of aliphatic hydroxyl groups excluding tert-OH is 3. The maximum absolute atomic E-state index is 11.7. The minimum atomic E-state index is -1.06. The Bertz CT molecular complexity index is 769. The van der Waals surface area contributed by atoms with Crippen molar-refractivity contribution in [2.24, 2.45) is 17.6 Å². The smallest absolute Gasteiger partial charge is 0.320 e. The summed E-state index contributed by atoms with van der Waals surface area (Å²) in [6.07, 6.45) is 3.55. The second-order valence-electron chi connectivity index (χ2n) is 10.2. The van der Waals surface area contributed by atoms with Crippen molar-refractivity contribution in [2.75, 3.05) is 19.6 Å². The summed E-state index contributed by atoms with van der Waals surface area (Å²) < 4.78 is 0. The Morgan fingerprint density at radius 1 is 1.22 bits per heavy atom. The third-order valence-electron chi connectivity index (χ3n) is 6.67. The first kappa shape index (κ1) is 28.9. The highest BCUT2D eigenvalue weighted by molar-refractivity contribution is 5.73. The van der Waals surface area contributed by atoms with Gasteiger partial charge in [0.2, 0.25) is 0 Å². The highest BCUT2D eigenvalue weighted by atomic mass is 16.4. The van der Waals surface area contributed by atoms with Gasteiger partial charge >= 0.3 is 5.97 Å². The van der Waals surface area contributed by atoms with E-state index in [1.165, 1.54) is 0 Å². The molecule has 0 aromatic carbocycles. The molecule has 36 heavy (non-hydrogen) atoms. The Morgan fingerprint density at radius 3 is 2.67 bits per heavy atom. The molecule has 3 aliphatic rings. The predicted molar refractivity (Wildman–Crippen MR) is 135 cm³/mol. The molecule has 13 N–H and O–H groups in total. The van der Waals surface area contributed by atoms with E-state index in [9.17, 15) is 25.2 Å². The van der Waals surface area contributed by atoms with Crippen LogP contribution in [0.25, 0.3) is 0 Å². The third kappa shape index (κ3) is 8.73. The summed E-state index contributed by atoms with van der Waals surface area (Å²) in [6, 6.07) is -1.10. The highest BCUT2D eigenvalue weighted by Gasteiger charge is 2.39. The zero-order valence-electron chi connectivity index (χ0n) is 21.0. The van der Waals surface area contributed by atoms with Crippen LogP contribution in [0.1, 0.15) is 33.1 Å². The Labute approximate surface area is 212 Å². The van der Waals surface area contributed by atoms with Gasteiger partial charge in [-0.1, -0.05) is 26.0 Å². The zero-order chi connectivity index (χ0) is 26.2. The number of hydrogen-bond acceptors (Lipinski definition) is 12. The first-order valence-corrected chi connectivity index (χ1v) is 12.8. The van der Waals surface area contributed by atoms with E-state index in [0.29, 0.717) is 32.0 Å². The van der Waals surface area contributed by atoms with Crippen LogP contribution in [0.5, 0.6) is 0 Å². The van der Waals surface area contributed by atoms with Gasteiger partial charge in [-0.3, -0.25) is 31.4 Å². The summed E-state index contributed by atoms with van der Waals surface area (Å²) in [5.74, 6) is -0.952. The summed E-state index contributed by atoms with van der Waals surface area (Å²) >= 11 is 0. The molecule has 0 radical (unpaired) electrons. The number of carbonyl (C=O) groups is 1. The van der Waals surface area contributed by atoms with E-state index < -0.39 is 37.0 Å². The molecule has 13 nitrogen and oxygen atoms in total. The Balaban J connectivity index is 1.39. The second-order valence-corrected chi connectivity index (χ2v) is 10.2. The number of nitrogens with one attached hydrogen (secondary N) is 7. The molecule has 2 saturated heterocycles. The molecule has 2 aliphatic heterocycles. The number of hydrogen-bond donors (Lipinski definition) is 12. The molecule has 3 rings (SSSR count). The first-order valence-electron chi connectivity index (χ1n) is 12.8. The van der Waals surface area contributed by atoms with Crippen LogP contribution in [0, 0.1) is 11.8 Å². The molecule has 0 amide bonds. The van der Waals surface area contributed by atoms with Gasteiger partial charge < -0.3 is 36.8 Å².